The quantitative estimate of drug-likeness (QED) is 0.496. The van der Waals surface area contributed by atoms with Crippen LogP contribution >= 0.6 is 0 Å². The number of allylic oxidation sites excluding steroid dienone is 3. The van der Waals surface area contributed by atoms with E-state index in [0.717, 1.165) is 0 Å². The lowest BCUT2D eigenvalue weighted by atomic mass is 9.79. The Morgan fingerprint density at radius 1 is 1.50 bits per heavy atom. The third-order valence-corrected chi connectivity index (χ3v) is 1.20. The van der Waals surface area contributed by atoms with Gasteiger partial charge in [-0.3, -0.25) is 4.99 Å². The predicted octanol–water partition coefficient (Wildman–Crippen LogP) is -0.0870. The molecule has 0 amide bonds. The largest absolute Gasteiger partial charge is 0.489 e. The summed E-state index contributed by atoms with van der Waals surface area (Å²) in [5.74, 6) is 0. The molecule has 0 aromatic heterocycles. The fourth-order valence-electron chi connectivity index (χ4n) is 0.680. The van der Waals surface area contributed by atoms with Gasteiger partial charge in [-0.05, 0) is 11.9 Å². The molecule has 0 spiro atoms. The van der Waals surface area contributed by atoms with Crippen molar-refractivity contribution in [3.63, 3.8) is 0 Å². The molecule has 10 heavy (non-hydrogen) atoms. The second-order valence-corrected chi connectivity index (χ2v) is 1.98. The van der Waals surface area contributed by atoms with Crippen LogP contribution in [-0.2, 0) is 0 Å². The lowest BCUT2D eigenvalue weighted by molar-refractivity contribution is 0.422. The van der Waals surface area contributed by atoms with Gasteiger partial charge < -0.3 is 10.0 Å². The minimum Gasteiger partial charge on any atom is -0.423 e. The molecular weight excluding hydrogens is 129 g/mol. The van der Waals surface area contributed by atoms with Gasteiger partial charge in [0.2, 0.25) is 0 Å². The Bertz CT molecular complexity index is 196. The molecule has 52 valence electrons. The SMILES string of the molecule is OB(O)C1=CCC=CN=C1. The smallest absolute Gasteiger partial charge is 0.423 e. The van der Waals surface area contributed by atoms with Crippen molar-refractivity contribution in [1.82, 2.24) is 0 Å². The molecule has 0 saturated carbocycles. The van der Waals surface area contributed by atoms with E-state index in [9.17, 15) is 0 Å². The fourth-order valence-corrected chi connectivity index (χ4v) is 0.680. The van der Waals surface area contributed by atoms with Crippen LogP contribution in [0, 0.1) is 0 Å². The molecule has 1 aliphatic rings. The highest BCUT2D eigenvalue weighted by Gasteiger charge is 2.11. The van der Waals surface area contributed by atoms with Crippen LogP contribution in [0.2, 0.25) is 0 Å². The lowest BCUT2D eigenvalue weighted by Gasteiger charge is -1.94. The number of hydrogen-bond acceptors (Lipinski definition) is 3. The normalized spacial score (nSPS) is 16.4. The van der Waals surface area contributed by atoms with Crippen LogP contribution in [0.15, 0.2) is 28.8 Å². The first-order valence-corrected chi connectivity index (χ1v) is 3.05. The molecule has 1 rings (SSSR count). The highest BCUT2D eigenvalue weighted by atomic mass is 16.4. The third-order valence-electron chi connectivity index (χ3n) is 1.20. The molecule has 1 aliphatic heterocycles. The number of nitrogens with zero attached hydrogens (tertiary/aromatic N) is 1. The molecule has 1 heterocycles. The van der Waals surface area contributed by atoms with Gasteiger partial charge in [0.1, 0.15) is 0 Å². The standard InChI is InChI=1S/C6H8BNO2/c9-7(10)6-3-1-2-4-8-5-6/h2-5,9-10H,1H2. The Morgan fingerprint density at radius 2 is 2.30 bits per heavy atom. The molecule has 4 heteroatoms. The first kappa shape index (κ1) is 7.24. The van der Waals surface area contributed by atoms with E-state index in [1.54, 1.807) is 12.3 Å². The van der Waals surface area contributed by atoms with Crippen molar-refractivity contribution in [3.8, 4) is 0 Å². The van der Waals surface area contributed by atoms with Crippen LogP contribution in [0.3, 0.4) is 0 Å². The van der Waals surface area contributed by atoms with E-state index >= 15 is 0 Å². The summed E-state index contributed by atoms with van der Waals surface area (Å²) in [7, 11) is -1.40. The zero-order chi connectivity index (χ0) is 7.40. The highest BCUT2D eigenvalue weighted by molar-refractivity contribution is 6.57. The highest BCUT2D eigenvalue weighted by Crippen LogP contribution is 2.00. The van der Waals surface area contributed by atoms with Crippen molar-refractivity contribution in [2.45, 2.75) is 6.42 Å². The van der Waals surface area contributed by atoms with E-state index in [2.05, 4.69) is 4.99 Å². The average molecular weight is 137 g/mol. The maximum Gasteiger partial charge on any atom is 0.489 e. The minimum atomic E-state index is -1.40. The molecule has 0 bridgehead atoms. The van der Waals surface area contributed by atoms with Gasteiger partial charge in [0.05, 0.1) is 0 Å². The summed E-state index contributed by atoms with van der Waals surface area (Å²) in [4.78, 5) is 3.78. The summed E-state index contributed by atoms with van der Waals surface area (Å²) in [6.45, 7) is 0. The summed E-state index contributed by atoms with van der Waals surface area (Å²) < 4.78 is 0. The van der Waals surface area contributed by atoms with Gasteiger partial charge in [0.15, 0.2) is 0 Å². The molecule has 0 fully saturated rings. The van der Waals surface area contributed by atoms with Crippen LogP contribution in [0.25, 0.3) is 0 Å². The van der Waals surface area contributed by atoms with Gasteiger partial charge >= 0.3 is 7.12 Å². The summed E-state index contributed by atoms with van der Waals surface area (Å²) in [6.07, 6.45) is 7.33. The zero-order valence-corrected chi connectivity index (χ0v) is 5.44. The van der Waals surface area contributed by atoms with Gasteiger partial charge in [-0.15, -0.1) is 0 Å². The summed E-state index contributed by atoms with van der Waals surface area (Å²) >= 11 is 0. The number of rotatable bonds is 1. The van der Waals surface area contributed by atoms with Crippen molar-refractivity contribution in [3.05, 3.63) is 23.8 Å². The molecule has 3 nitrogen and oxygen atoms in total. The Morgan fingerprint density at radius 3 is 3.00 bits per heavy atom. The molecule has 0 unspecified atom stereocenters. The van der Waals surface area contributed by atoms with Crippen LogP contribution < -0.4 is 0 Å². The van der Waals surface area contributed by atoms with E-state index < -0.39 is 7.12 Å². The first-order valence-electron chi connectivity index (χ1n) is 3.05. The summed E-state index contributed by atoms with van der Waals surface area (Å²) in [5.41, 5.74) is 0.449. The van der Waals surface area contributed by atoms with E-state index in [1.165, 1.54) is 6.21 Å². The monoisotopic (exact) mass is 137 g/mol. The van der Waals surface area contributed by atoms with Crippen LogP contribution in [0.4, 0.5) is 0 Å². The van der Waals surface area contributed by atoms with E-state index in [-0.39, 0.29) is 0 Å². The summed E-state index contributed by atoms with van der Waals surface area (Å²) in [6, 6.07) is 0. The predicted molar refractivity (Wildman–Crippen MR) is 40.5 cm³/mol. The van der Waals surface area contributed by atoms with E-state index in [0.29, 0.717) is 11.9 Å². The molecular formula is C6H8BNO2. The van der Waals surface area contributed by atoms with Crippen molar-refractivity contribution >= 4 is 13.3 Å². The fraction of sp³-hybridized carbons (Fsp3) is 0.167. The van der Waals surface area contributed by atoms with E-state index in [1.807, 2.05) is 6.08 Å². The van der Waals surface area contributed by atoms with Crippen molar-refractivity contribution in [1.29, 1.82) is 0 Å². The Balaban J connectivity index is 2.69. The topological polar surface area (TPSA) is 52.8 Å². The van der Waals surface area contributed by atoms with Crippen molar-refractivity contribution in [2.75, 3.05) is 0 Å². The maximum atomic E-state index is 8.67. The number of hydrogen-bond donors (Lipinski definition) is 2. The molecule has 0 aromatic carbocycles. The van der Waals surface area contributed by atoms with Gasteiger partial charge in [0.25, 0.3) is 0 Å². The molecule has 0 aromatic rings. The second kappa shape index (κ2) is 3.34. The van der Waals surface area contributed by atoms with Crippen LogP contribution in [0.1, 0.15) is 6.42 Å². The van der Waals surface area contributed by atoms with E-state index in [4.69, 9.17) is 10.0 Å². The third kappa shape index (κ3) is 1.82. The van der Waals surface area contributed by atoms with Gasteiger partial charge in [0, 0.05) is 12.4 Å². The van der Waals surface area contributed by atoms with Gasteiger partial charge in [-0.1, -0.05) is 12.2 Å². The maximum absolute atomic E-state index is 8.67. The Kier molecular flexibility index (Phi) is 2.42. The van der Waals surface area contributed by atoms with Crippen molar-refractivity contribution < 1.29 is 10.0 Å². The second-order valence-electron chi connectivity index (χ2n) is 1.98. The Labute approximate surface area is 59.6 Å². The summed E-state index contributed by atoms with van der Waals surface area (Å²) in [5, 5.41) is 17.3. The van der Waals surface area contributed by atoms with Crippen LogP contribution in [-0.4, -0.2) is 23.4 Å². The minimum absolute atomic E-state index is 0.449. The number of aliphatic imine (C=N–C) groups is 1. The molecule has 0 radical (unpaired) electrons. The molecule has 0 atom stereocenters. The molecule has 2 N–H and O–H groups in total. The zero-order valence-electron chi connectivity index (χ0n) is 5.44. The first-order chi connectivity index (χ1) is 4.80. The van der Waals surface area contributed by atoms with Crippen molar-refractivity contribution in [2.24, 2.45) is 4.99 Å². The molecule has 0 aliphatic carbocycles. The Hall–Kier alpha value is -0.865. The van der Waals surface area contributed by atoms with Gasteiger partial charge in [-0.2, -0.15) is 0 Å². The van der Waals surface area contributed by atoms with Crippen LogP contribution in [0.5, 0.6) is 0 Å². The molecule has 0 saturated heterocycles. The van der Waals surface area contributed by atoms with Gasteiger partial charge in [-0.25, -0.2) is 0 Å². The lowest BCUT2D eigenvalue weighted by Crippen LogP contribution is -2.16. The average Bonchev–Trinajstić information content (AvgIpc) is 2.12.